The van der Waals surface area contributed by atoms with Gasteiger partial charge in [-0.3, -0.25) is 9.59 Å². The monoisotopic (exact) mass is 284 g/mol. The van der Waals surface area contributed by atoms with Gasteiger partial charge >= 0.3 is 0 Å². The van der Waals surface area contributed by atoms with Crippen LogP contribution in [0.5, 0.6) is 0 Å². The SMILES string of the molecule is CC(=O)C(C)(C)OC(C)(C)CC(C)(C)C(=O)C(C)(C)C. The van der Waals surface area contributed by atoms with E-state index in [1.54, 1.807) is 13.8 Å². The predicted molar refractivity (Wildman–Crippen MR) is 82.8 cm³/mol. The second kappa shape index (κ2) is 5.59. The summed E-state index contributed by atoms with van der Waals surface area (Å²) in [5.74, 6) is 0.202. The van der Waals surface area contributed by atoms with E-state index in [0.717, 1.165) is 0 Å². The highest BCUT2D eigenvalue weighted by atomic mass is 16.5. The zero-order valence-corrected chi connectivity index (χ0v) is 14.9. The first kappa shape index (κ1) is 19.3. The van der Waals surface area contributed by atoms with Crippen LogP contribution in [0.2, 0.25) is 0 Å². The summed E-state index contributed by atoms with van der Waals surface area (Å²) in [5.41, 5.74) is -2.24. The quantitative estimate of drug-likeness (QED) is 0.735. The number of hydrogen-bond acceptors (Lipinski definition) is 3. The first-order chi connectivity index (χ1) is 8.51. The summed E-state index contributed by atoms with van der Waals surface area (Å²) in [7, 11) is 0. The Bertz CT molecular complexity index is 382. The Morgan fingerprint density at radius 1 is 0.850 bits per heavy atom. The Balaban J connectivity index is 5.10. The molecule has 0 aliphatic carbocycles. The van der Waals surface area contributed by atoms with E-state index in [1.165, 1.54) is 6.92 Å². The van der Waals surface area contributed by atoms with Gasteiger partial charge in [0.15, 0.2) is 5.78 Å². The lowest BCUT2D eigenvalue weighted by Gasteiger charge is -2.40. The molecule has 0 aromatic carbocycles. The molecule has 3 nitrogen and oxygen atoms in total. The van der Waals surface area contributed by atoms with Crippen molar-refractivity contribution < 1.29 is 14.3 Å². The molecule has 0 fully saturated rings. The minimum atomic E-state index is -0.829. The Morgan fingerprint density at radius 3 is 1.55 bits per heavy atom. The van der Waals surface area contributed by atoms with Gasteiger partial charge < -0.3 is 4.74 Å². The minimum absolute atomic E-state index is 0.00877. The van der Waals surface area contributed by atoms with Crippen LogP contribution < -0.4 is 0 Å². The summed E-state index contributed by atoms with van der Waals surface area (Å²) in [4.78, 5) is 24.2. The highest BCUT2D eigenvalue weighted by Crippen LogP contribution is 2.38. The molecule has 0 amide bonds. The summed E-state index contributed by atoms with van der Waals surface area (Å²) in [6, 6.07) is 0. The lowest BCUT2D eigenvalue weighted by molar-refractivity contribution is -0.166. The van der Waals surface area contributed by atoms with Crippen LogP contribution in [0.3, 0.4) is 0 Å². The van der Waals surface area contributed by atoms with Crippen LogP contribution in [0.25, 0.3) is 0 Å². The maximum atomic E-state index is 12.5. The normalized spacial score (nSPS) is 14.3. The van der Waals surface area contributed by atoms with Gasteiger partial charge in [0.25, 0.3) is 0 Å². The Labute approximate surface area is 124 Å². The Kier molecular flexibility index (Phi) is 5.39. The molecular weight excluding hydrogens is 252 g/mol. The van der Waals surface area contributed by atoms with Crippen molar-refractivity contribution in [2.45, 2.75) is 86.9 Å². The van der Waals surface area contributed by atoms with Crippen molar-refractivity contribution in [3.8, 4) is 0 Å². The van der Waals surface area contributed by atoms with Crippen molar-refractivity contribution in [2.75, 3.05) is 0 Å². The fourth-order valence-corrected chi connectivity index (χ4v) is 2.96. The average Bonchev–Trinajstić information content (AvgIpc) is 2.10. The van der Waals surface area contributed by atoms with Gasteiger partial charge in [-0.15, -0.1) is 0 Å². The van der Waals surface area contributed by atoms with Crippen LogP contribution in [0.15, 0.2) is 0 Å². The van der Waals surface area contributed by atoms with Crippen LogP contribution >= 0.6 is 0 Å². The number of carbonyl (C=O) groups excluding carboxylic acids is 2. The molecule has 0 aromatic heterocycles. The molecule has 3 heteroatoms. The zero-order chi connectivity index (χ0) is 16.6. The summed E-state index contributed by atoms with van der Waals surface area (Å²) in [6.07, 6.45) is 0.576. The van der Waals surface area contributed by atoms with Crippen LogP contribution in [0, 0.1) is 10.8 Å². The fraction of sp³-hybridized carbons (Fsp3) is 0.882. The van der Waals surface area contributed by atoms with Gasteiger partial charge in [-0.05, 0) is 41.0 Å². The summed E-state index contributed by atoms with van der Waals surface area (Å²) in [6.45, 7) is 18.7. The Hall–Kier alpha value is -0.700. The number of Topliss-reactive ketones (excluding diaryl/α,β-unsaturated/α-hetero) is 2. The Morgan fingerprint density at radius 2 is 1.25 bits per heavy atom. The third-order valence-electron chi connectivity index (χ3n) is 3.54. The van der Waals surface area contributed by atoms with Crippen LogP contribution in [0.4, 0.5) is 0 Å². The molecule has 0 rings (SSSR count). The lowest BCUT2D eigenvalue weighted by Crippen LogP contribution is -2.46. The molecule has 0 saturated carbocycles. The second-order valence-electron chi connectivity index (χ2n) is 8.57. The molecule has 0 radical (unpaired) electrons. The molecule has 20 heavy (non-hydrogen) atoms. The summed E-state index contributed by atoms with van der Waals surface area (Å²) >= 11 is 0. The van der Waals surface area contributed by atoms with Crippen molar-refractivity contribution in [2.24, 2.45) is 10.8 Å². The van der Waals surface area contributed by atoms with Gasteiger partial charge in [-0.2, -0.15) is 0 Å². The molecular formula is C17H32O3. The van der Waals surface area contributed by atoms with E-state index in [2.05, 4.69) is 0 Å². The van der Waals surface area contributed by atoms with Gasteiger partial charge in [0.05, 0.1) is 5.60 Å². The third-order valence-corrected chi connectivity index (χ3v) is 3.54. The number of ketones is 2. The van der Waals surface area contributed by atoms with Crippen LogP contribution in [-0.2, 0) is 14.3 Å². The van der Waals surface area contributed by atoms with Crippen molar-refractivity contribution in [3.63, 3.8) is 0 Å². The van der Waals surface area contributed by atoms with E-state index in [0.29, 0.717) is 6.42 Å². The largest absolute Gasteiger partial charge is 0.362 e. The van der Waals surface area contributed by atoms with Gasteiger partial charge in [0, 0.05) is 10.8 Å². The van der Waals surface area contributed by atoms with Gasteiger partial charge in [-0.25, -0.2) is 0 Å². The highest BCUT2D eigenvalue weighted by molar-refractivity contribution is 5.88. The average molecular weight is 284 g/mol. The number of carbonyl (C=O) groups is 2. The molecule has 0 aromatic rings. The van der Waals surface area contributed by atoms with E-state index >= 15 is 0 Å². The van der Waals surface area contributed by atoms with E-state index in [4.69, 9.17) is 4.74 Å². The van der Waals surface area contributed by atoms with E-state index < -0.39 is 16.6 Å². The van der Waals surface area contributed by atoms with Gasteiger partial charge in [0.2, 0.25) is 0 Å². The van der Waals surface area contributed by atoms with Crippen LogP contribution in [0.1, 0.15) is 75.7 Å². The maximum absolute atomic E-state index is 12.5. The van der Waals surface area contributed by atoms with Gasteiger partial charge in [0.1, 0.15) is 11.4 Å². The standard InChI is InChI=1S/C17H32O3/c1-12(18)17(9,10)20-16(7,8)11-15(5,6)13(19)14(2,3)4/h11H2,1-10H3. The molecule has 0 N–H and O–H groups in total. The van der Waals surface area contributed by atoms with Crippen molar-refractivity contribution in [1.29, 1.82) is 0 Å². The predicted octanol–water partition coefficient (Wildman–Crippen LogP) is 4.18. The number of hydrogen-bond donors (Lipinski definition) is 0. The van der Waals surface area contributed by atoms with Gasteiger partial charge in [-0.1, -0.05) is 34.6 Å². The summed E-state index contributed by atoms with van der Waals surface area (Å²) < 4.78 is 5.98. The van der Waals surface area contributed by atoms with E-state index in [1.807, 2.05) is 48.5 Å². The third kappa shape index (κ3) is 5.35. The molecule has 0 aliphatic heterocycles. The fourth-order valence-electron chi connectivity index (χ4n) is 2.96. The number of ether oxygens (including phenoxy) is 1. The lowest BCUT2D eigenvalue weighted by atomic mass is 9.70. The molecule has 0 heterocycles. The second-order valence-corrected chi connectivity index (χ2v) is 8.57. The molecule has 0 bridgehead atoms. The molecule has 0 aliphatic rings. The molecule has 0 spiro atoms. The maximum Gasteiger partial charge on any atom is 0.161 e. The topological polar surface area (TPSA) is 43.4 Å². The molecule has 0 unspecified atom stereocenters. The smallest absolute Gasteiger partial charge is 0.161 e. The van der Waals surface area contributed by atoms with Crippen molar-refractivity contribution in [3.05, 3.63) is 0 Å². The van der Waals surface area contributed by atoms with Crippen molar-refractivity contribution >= 4 is 11.6 Å². The molecule has 0 saturated heterocycles. The summed E-state index contributed by atoms with van der Waals surface area (Å²) in [5, 5.41) is 0. The first-order valence-corrected chi connectivity index (χ1v) is 7.27. The number of rotatable bonds is 6. The van der Waals surface area contributed by atoms with Crippen LogP contribution in [-0.4, -0.2) is 22.8 Å². The first-order valence-electron chi connectivity index (χ1n) is 7.27. The van der Waals surface area contributed by atoms with Crippen molar-refractivity contribution in [1.82, 2.24) is 0 Å². The van der Waals surface area contributed by atoms with E-state index in [9.17, 15) is 9.59 Å². The highest BCUT2D eigenvalue weighted by Gasteiger charge is 2.42. The zero-order valence-electron chi connectivity index (χ0n) is 14.9. The molecule has 118 valence electrons. The van der Waals surface area contributed by atoms with E-state index in [-0.39, 0.29) is 17.0 Å². The minimum Gasteiger partial charge on any atom is -0.362 e. The molecule has 0 atom stereocenters.